The molecule has 0 bridgehead atoms. The predicted octanol–water partition coefficient (Wildman–Crippen LogP) is 2.08. The topological polar surface area (TPSA) is 78.7 Å². The van der Waals surface area contributed by atoms with Crippen LogP contribution in [0.1, 0.15) is 6.92 Å². The van der Waals surface area contributed by atoms with E-state index in [2.05, 4.69) is 6.58 Å². The van der Waals surface area contributed by atoms with Crippen LogP contribution in [-0.4, -0.2) is 18.0 Å². The van der Waals surface area contributed by atoms with Gasteiger partial charge >= 0.3 is 11.7 Å². The van der Waals surface area contributed by atoms with Crippen LogP contribution in [0.5, 0.6) is 11.5 Å². The summed E-state index contributed by atoms with van der Waals surface area (Å²) in [6, 6.07) is 4.13. The van der Waals surface area contributed by atoms with Crippen LogP contribution in [0.2, 0.25) is 0 Å². The highest BCUT2D eigenvalue weighted by Crippen LogP contribution is 2.36. The predicted molar refractivity (Wildman–Crippen MR) is 60.1 cm³/mol. The minimum absolute atomic E-state index is 0.119. The number of hydrogen-bond donors (Lipinski definition) is 0. The van der Waals surface area contributed by atoms with Gasteiger partial charge in [-0.1, -0.05) is 12.6 Å². The number of nitro benzene ring substituents is 1. The van der Waals surface area contributed by atoms with Gasteiger partial charge in [-0.2, -0.15) is 0 Å². The molecule has 0 heterocycles. The Morgan fingerprint density at radius 1 is 1.47 bits per heavy atom. The van der Waals surface area contributed by atoms with Crippen molar-refractivity contribution in [1.82, 2.24) is 0 Å². The van der Waals surface area contributed by atoms with Gasteiger partial charge in [0.15, 0.2) is 5.75 Å². The van der Waals surface area contributed by atoms with E-state index >= 15 is 0 Å². The number of ether oxygens (including phenoxy) is 2. The molecule has 0 amide bonds. The molecular weight excluding hydrogens is 226 g/mol. The molecule has 1 aromatic rings. The molecule has 0 saturated heterocycles. The van der Waals surface area contributed by atoms with Crippen LogP contribution in [0, 0.1) is 10.1 Å². The molecule has 6 heteroatoms. The van der Waals surface area contributed by atoms with E-state index in [0.717, 1.165) is 0 Å². The molecule has 90 valence electrons. The van der Waals surface area contributed by atoms with E-state index in [1.165, 1.54) is 32.2 Å². The van der Waals surface area contributed by atoms with Crippen LogP contribution in [-0.2, 0) is 4.79 Å². The summed E-state index contributed by atoms with van der Waals surface area (Å²) in [6.07, 6.45) is 0. The lowest BCUT2D eigenvalue weighted by Gasteiger charge is -2.08. The van der Waals surface area contributed by atoms with Crippen LogP contribution in [0.3, 0.4) is 0 Å². The molecule has 0 N–H and O–H groups in total. The number of hydrogen-bond acceptors (Lipinski definition) is 5. The Balaban J connectivity index is 3.22. The number of esters is 1. The monoisotopic (exact) mass is 237 g/mol. The standard InChI is InChI=1S/C11H11NO5/c1-7(2)11(13)17-10-8(12(14)15)5-4-6-9(10)16-3/h4-6H,1H2,2-3H3. The molecule has 1 rings (SSSR count). The highest BCUT2D eigenvalue weighted by atomic mass is 16.6. The molecule has 0 radical (unpaired) electrons. The first-order chi connectivity index (χ1) is 7.97. The largest absolute Gasteiger partial charge is 0.493 e. The molecule has 0 unspecified atom stereocenters. The minimum Gasteiger partial charge on any atom is -0.493 e. The molecule has 0 aromatic heterocycles. The fourth-order valence-corrected chi connectivity index (χ4v) is 1.09. The molecule has 1 aromatic carbocycles. The van der Waals surface area contributed by atoms with Gasteiger partial charge in [0, 0.05) is 11.6 Å². The SMILES string of the molecule is C=C(C)C(=O)Oc1c(OC)cccc1[N+](=O)[O-]. The molecule has 0 spiro atoms. The van der Waals surface area contributed by atoms with Gasteiger partial charge in [0.2, 0.25) is 5.75 Å². The summed E-state index contributed by atoms with van der Waals surface area (Å²) in [6.45, 7) is 4.84. The zero-order chi connectivity index (χ0) is 13.0. The summed E-state index contributed by atoms with van der Waals surface area (Å²) in [5.41, 5.74) is -0.191. The molecule has 0 saturated carbocycles. The molecule has 0 fully saturated rings. The summed E-state index contributed by atoms with van der Waals surface area (Å²) in [7, 11) is 1.33. The smallest absolute Gasteiger partial charge is 0.338 e. The number of carbonyl (C=O) groups excluding carboxylic acids is 1. The first kappa shape index (κ1) is 12.7. The zero-order valence-corrected chi connectivity index (χ0v) is 9.43. The Kier molecular flexibility index (Phi) is 3.82. The van der Waals surface area contributed by atoms with Crippen molar-refractivity contribution in [2.75, 3.05) is 7.11 Å². The van der Waals surface area contributed by atoms with Crippen LogP contribution in [0.15, 0.2) is 30.4 Å². The van der Waals surface area contributed by atoms with Crippen molar-refractivity contribution < 1.29 is 19.2 Å². The number of nitro groups is 1. The van der Waals surface area contributed by atoms with E-state index in [4.69, 9.17) is 9.47 Å². The number of para-hydroxylation sites is 1. The van der Waals surface area contributed by atoms with Crippen LogP contribution >= 0.6 is 0 Å². The van der Waals surface area contributed by atoms with Crippen LogP contribution in [0.4, 0.5) is 5.69 Å². The maximum absolute atomic E-state index is 11.4. The highest BCUT2D eigenvalue weighted by Gasteiger charge is 2.22. The molecular formula is C11H11NO5. The second-order valence-corrected chi connectivity index (χ2v) is 3.24. The summed E-state index contributed by atoms with van der Waals surface area (Å²) in [5.74, 6) is -0.834. The van der Waals surface area contributed by atoms with Crippen molar-refractivity contribution in [2.45, 2.75) is 6.92 Å². The minimum atomic E-state index is -0.738. The van der Waals surface area contributed by atoms with Crippen molar-refractivity contribution in [3.05, 3.63) is 40.5 Å². The molecule has 0 aliphatic rings. The van der Waals surface area contributed by atoms with Crippen molar-refractivity contribution in [1.29, 1.82) is 0 Å². The fourth-order valence-electron chi connectivity index (χ4n) is 1.09. The normalized spacial score (nSPS) is 9.53. The summed E-state index contributed by atoms with van der Waals surface area (Å²) in [5, 5.41) is 10.8. The molecule has 0 aliphatic heterocycles. The zero-order valence-electron chi connectivity index (χ0n) is 9.43. The van der Waals surface area contributed by atoms with Gasteiger partial charge in [-0.05, 0) is 13.0 Å². The van der Waals surface area contributed by atoms with Gasteiger partial charge in [0.1, 0.15) is 0 Å². The third kappa shape index (κ3) is 2.81. The lowest BCUT2D eigenvalue weighted by Crippen LogP contribution is -2.10. The lowest BCUT2D eigenvalue weighted by molar-refractivity contribution is -0.385. The Labute approximate surface area is 97.6 Å². The number of methoxy groups -OCH3 is 1. The number of nitrogens with zero attached hydrogens (tertiary/aromatic N) is 1. The molecule has 6 nitrogen and oxygen atoms in total. The lowest BCUT2D eigenvalue weighted by atomic mass is 10.2. The van der Waals surface area contributed by atoms with Gasteiger partial charge in [0.25, 0.3) is 0 Å². The van der Waals surface area contributed by atoms with E-state index in [-0.39, 0.29) is 22.8 Å². The second-order valence-electron chi connectivity index (χ2n) is 3.24. The molecule has 0 atom stereocenters. The van der Waals surface area contributed by atoms with E-state index in [1.54, 1.807) is 0 Å². The van der Waals surface area contributed by atoms with Crippen molar-refractivity contribution in [3.8, 4) is 11.5 Å². The number of carbonyl (C=O) groups is 1. The average molecular weight is 237 g/mol. The average Bonchev–Trinajstić information content (AvgIpc) is 2.28. The van der Waals surface area contributed by atoms with Crippen molar-refractivity contribution >= 4 is 11.7 Å². The third-order valence-corrected chi connectivity index (χ3v) is 1.92. The van der Waals surface area contributed by atoms with Crippen LogP contribution < -0.4 is 9.47 Å². The maximum Gasteiger partial charge on any atom is 0.338 e. The Morgan fingerprint density at radius 2 is 2.12 bits per heavy atom. The van der Waals surface area contributed by atoms with E-state index in [0.29, 0.717) is 0 Å². The van der Waals surface area contributed by atoms with Crippen LogP contribution in [0.25, 0.3) is 0 Å². The molecule has 17 heavy (non-hydrogen) atoms. The summed E-state index contributed by atoms with van der Waals surface area (Å²) < 4.78 is 9.79. The fraction of sp³-hybridized carbons (Fsp3) is 0.182. The highest BCUT2D eigenvalue weighted by molar-refractivity contribution is 5.89. The van der Waals surface area contributed by atoms with Gasteiger partial charge in [0.05, 0.1) is 12.0 Å². The second kappa shape index (κ2) is 5.11. The van der Waals surface area contributed by atoms with Gasteiger partial charge in [-0.3, -0.25) is 10.1 Å². The quantitative estimate of drug-likeness (QED) is 0.263. The first-order valence-electron chi connectivity index (χ1n) is 4.66. The number of rotatable bonds is 4. The Bertz CT molecular complexity index is 481. The van der Waals surface area contributed by atoms with E-state index in [1.807, 2.05) is 0 Å². The van der Waals surface area contributed by atoms with E-state index < -0.39 is 10.9 Å². The molecule has 0 aliphatic carbocycles. The summed E-state index contributed by atoms with van der Waals surface area (Å²) in [4.78, 5) is 21.5. The summed E-state index contributed by atoms with van der Waals surface area (Å²) >= 11 is 0. The van der Waals surface area contributed by atoms with Crippen molar-refractivity contribution in [2.24, 2.45) is 0 Å². The first-order valence-corrected chi connectivity index (χ1v) is 4.66. The van der Waals surface area contributed by atoms with E-state index in [9.17, 15) is 14.9 Å². The van der Waals surface area contributed by atoms with Gasteiger partial charge in [-0.25, -0.2) is 4.79 Å². The Hall–Kier alpha value is -2.37. The Morgan fingerprint density at radius 3 is 2.59 bits per heavy atom. The third-order valence-electron chi connectivity index (χ3n) is 1.92. The number of benzene rings is 1. The van der Waals surface area contributed by atoms with Gasteiger partial charge < -0.3 is 9.47 Å². The van der Waals surface area contributed by atoms with Gasteiger partial charge in [-0.15, -0.1) is 0 Å². The van der Waals surface area contributed by atoms with Crippen molar-refractivity contribution in [3.63, 3.8) is 0 Å². The maximum atomic E-state index is 11.4.